The second-order valence-electron chi connectivity index (χ2n) is 9.11. The molecule has 2 saturated carbocycles. The number of rotatable bonds is 7. The minimum Gasteiger partial charge on any atom is -0.474 e. The average Bonchev–Trinajstić information content (AvgIpc) is 2.88. The molecular weight excluding hydrogens is 372 g/mol. The molecule has 156 valence electrons. The molecule has 3 aliphatic rings. The smallest absolute Gasteiger partial charge is 0.325 e. The van der Waals surface area contributed by atoms with E-state index in [1.807, 2.05) is 0 Å². The van der Waals surface area contributed by atoms with Gasteiger partial charge in [0.1, 0.15) is 17.7 Å². The van der Waals surface area contributed by atoms with Crippen molar-refractivity contribution in [3.05, 3.63) is 23.9 Å². The van der Waals surface area contributed by atoms with Gasteiger partial charge in [-0.25, -0.2) is 9.78 Å². The number of urea groups is 1. The Morgan fingerprint density at radius 1 is 1.34 bits per heavy atom. The highest BCUT2D eigenvalue weighted by molar-refractivity contribution is 6.04. The monoisotopic (exact) mass is 400 g/mol. The summed E-state index contributed by atoms with van der Waals surface area (Å²) in [5.41, 5.74) is 5.77. The summed E-state index contributed by atoms with van der Waals surface area (Å²) in [6.07, 6.45) is 6.45. The number of nitrogens with one attached hydrogen (secondary N) is 1. The molecule has 1 spiro atoms. The number of hydrogen-bond acceptors (Lipinski definition) is 5. The van der Waals surface area contributed by atoms with Crippen LogP contribution < -0.4 is 15.8 Å². The lowest BCUT2D eigenvalue weighted by Gasteiger charge is -2.58. The molecule has 1 aliphatic heterocycles. The molecule has 2 aliphatic carbocycles. The lowest BCUT2D eigenvalue weighted by Crippen LogP contribution is -2.60. The van der Waals surface area contributed by atoms with Gasteiger partial charge in [-0.2, -0.15) is 0 Å². The Bertz CT molecular complexity index is 826. The maximum Gasteiger partial charge on any atom is 0.325 e. The summed E-state index contributed by atoms with van der Waals surface area (Å²) >= 11 is 0. The molecule has 3 N–H and O–H groups in total. The molecule has 1 atom stereocenters. The number of carbonyl (C=O) groups is 3. The summed E-state index contributed by atoms with van der Waals surface area (Å²) in [5, 5.41) is 2.84. The van der Waals surface area contributed by atoms with Gasteiger partial charge in [0.25, 0.3) is 11.8 Å². The molecule has 0 radical (unpaired) electrons. The van der Waals surface area contributed by atoms with Gasteiger partial charge in [0, 0.05) is 12.2 Å². The van der Waals surface area contributed by atoms with Gasteiger partial charge in [-0.15, -0.1) is 0 Å². The highest BCUT2D eigenvalue weighted by atomic mass is 16.5. The number of nitrogens with zero attached hydrogens (tertiary/aromatic N) is 2. The van der Waals surface area contributed by atoms with Gasteiger partial charge in [-0.3, -0.25) is 14.5 Å². The minimum absolute atomic E-state index is 0.0224. The Morgan fingerprint density at radius 2 is 2.07 bits per heavy atom. The summed E-state index contributed by atoms with van der Waals surface area (Å²) in [6.45, 7) is 4.22. The van der Waals surface area contributed by atoms with E-state index >= 15 is 0 Å². The predicted molar refractivity (Wildman–Crippen MR) is 105 cm³/mol. The van der Waals surface area contributed by atoms with Gasteiger partial charge < -0.3 is 15.8 Å². The highest BCUT2D eigenvalue weighted by Crippen LogP contribution is 2.58. The topological polar surface area (TPSA) is 115 Å². The second-order valence-corrected chi connectivity index (χ2v) is 9.11. The molecule has 0 bridgehead atoms. The molecule has 4 amide bonds. The normalized spacial score (nSPS) is 30.9. The third-order valence-corrected chi connectivity index (χ3v) is 6.42. The number of hydrogen-bond donors (Lipinski definition) is 2. The first-order valence-corrected chi connectivity index (χ1v) is 10.3. The molecule has 1 aromatic rings. The molecule has 8 nitrogen and oxygen atoms in total. The van der Waals surface area contributed by atoms with Gasteiger partial charge in [-0.1, -0.05) is 13.8 Å². The van der Waals surface area contributed by atoms with Crippen LogP contribution >= 0.6 is 0 Å². The maximum absolute atomic E-state index is 12.7. The standard InChI is InChI=1S/C21H28N4O4/c1-12(2)5-6-16-19(27)25(20(28)24-16)13-8-21(9-13)10-14(11-21)29-18-15(17(22)26)4-3-7-23-18/h3-4,7,12-14,16H,5-6,8-11H2,1-2H3,(H2,22,26)(H,24,28)/t13-,14-,16?,21?. The van der Waals surface area contributed by atoms with E-state index in [0.717, 1.165) is 32.1 Å². The number of pyridine rings is 1. The summed E-state index contributed by atoms with van der Waals surface area (Å²) in [7, 11) is 0. The van der Waals surface area contributed by atoms with Crippen LogP contribution in [0.15, 0.2) is 18.3 Å². The lowest BCUT2D eigenvalue weighted by molar-refractivity contribution is -0.140. The third kappa shape index (κ3) is 3.68. The Hall–Kier alpha value is -2.64. The van der Waals surface area contributed by atoms with E-state index in [1.165, 1.54) is 4.90 Å². The molecule has 29 heavy (non-hydrogen) atoms. The van der Waals surface area contributed by atoms with Crippen LogP contribution in [0.2, 0.25) is 0 Å². The summed E-state index contributed by atoms with van der Waals surface area (Å²) in [6, 6.07) is 2.60. The van der Waals surface area contributed by atoms with Crippen LogP contribution in [0.1, 0.15) is 62.7 Å². The largest absolute Gasteiger partial charge is 0.474 e. The molecule has 1 unspecified atom stereocenters. The van der Waals surface area contributed by atoms with Crippen molar-refractivity contribution >= 4 is 17.8 Å². The third-order valence-electron chi connectivity index (χ3n) is 6.42. The quantitative estimate of drug-likeness (QED) is 0.681. The van der Waals surface area contributed by atoms with Crippen LogP contribution in [-0.2, 0) is 4.79 Å². The van der Waals surface area contributed by atoms with Crippen LogP contribution in [0.25, 0.3) is 0 Å². The zero-order valence-corrected chi connectivity index (χ0v) is 16.9. The fraction of sp³-hybridized carbons (Fsp3) is 0.619. The fourth-order valence-electron chi connectivity index (χ4n) is 4.87. The fourth-order valence-corrected chi connectivity index (χ4v) is 4.87. The van der Waals surface area contributed by atoms with Gasteiger partial charge in [0.2, 0.25) is 5.88 Å². The molecule has 8 heteroatoms. The maximum atomic E-state index is 12.7. The van der Waals surface area contributed by atoms with Gasteiger partial charge >= 0.3 is 6.03 Å². The van der Waals surface area contributed by atoms with E-state index < -0.39 is 5.91 Å². The van der Waals surface area contributed by atoms with Crippen molar-refractivity contribution in [2.75, 3.05) is 0 Å². The zero-order valence-electron chi connectivity index (χ0n) is 16.9. The zero-order chi connectivity index (χ0) is 20.8. The summed E-state index contributed by atoms with van der Waals surface area (Å²) in [5.74, 6) is 0.137. The SMILES string of the molecule is CC(C)CCC1NC(=O)N([C@H]2CC3(C[C@H](Oc4ncccc4C(N)=O)C3)C2)C1=O. The first-order chi connectivity index (χ1) is 13.8. The van der Waals surface area contributed by atoms with E-state index in [0.29, 0.717) is 12.3 Å². The van der Waals surface area contributed by atoms with Crippen molar-refractivity contribution in [1.29, 1.82) is 0 Å². The van der Waals surface area contributed by atoms with Crippen LogP contribution in [0.5, 0.6) is 5.88 Å². The van der Waals surface area contributed by atoms with Crippen molar-refractivity contribution in [2.45, 2.75) is 70.6 Å². The van der Waals surface area contributed by atoms with Gasteiger partial charge in [-0.05, 0) is 62.0 Å². The van der Waals surface area contributed by atoms with Crippen LogP contribution in [0.4, 0.5) is 4.79 Å². The Kier molecular flexibility index (Phi) is 4.96. The molecule has 0 aromatic carbocycles. The van der Waals surface area contributed by atoms with E-state index in [-0.39, 0.29) is 47.0 Å². The number of aromatic nitrogens is 1. The Morgan fingerprint density at radius 3 is 2.72 bits per heavy atom. The summed E-state index contributed by atoms with van der Waals surface area (Å²) < 4.78 is 5.88. The second kappa shape index (κ2) is 7.31. The van der Waals surface area contributed by atoms with Crippen molar-refractivity contribution in [1.82, 2.24) is 15.2 Å². The molecule has 2 heterocycles. The van der Waals surface area contributed by atoms with E-state index in [9.17, 15) is 14.4 Å². The molecule has 1 saturated heterocycles. The van der Waals surface area contributed by atoms with Gasteiger partial charge in [0.05, 0.1) is 0 Å². The molecule has 4 rings (SSSR count). The number of ether oxygens (including phenoxy) is 1. The van der Waals surface area contributed by atoms with Gasteiger partial charge in [0.15, 0.2) is 0 Å². The predicted octanol–water partition coefficient (Wildman–Crippen LogP) is 2.23. The Balaban J connectivity index is 1.29. The lowest BCUT2D eigenvalue weighted by atomic mass is 9.52. The van der Waals surface area contributed by atoms with Crippen molar-refractivity contribution in [2.24, 2.45) is 17.1 Å². The van der Waals surface area contributed by atoms with Crippen molar-refractivity contribution in [3.63, 3.8) is 0 Å². The molecule has 3 fully saturated rings. The van der Waals surface area contributed by atoms with Crippen molar-refractivity contribution < 1.29 is 19.1 Å². The molecule has 1 aromatic heterocycles. The number of nitrogens with two attached hydrogens (primary N) is 1. The first kappa shape index (κ1) is 19.7. The van der Waals surface area contributed by atoms with E-state index in [4.69, 9.17) is 10.5 Å². The Labute approximate surface area is 170 Å². The minimum atomic E-state index is -0.559. The first-order valence-electron chi connectivity index (χ1n) is 10.3. The van der Waals surface area contributed by atoms with Crippen molar-refractivity contribution in [3.8, 4) is 5.88 Å². The highest BCUT2D eigenvalue weighted by Gasteiger charge is 2.58. The molecular formula is C21H28N4O4. The number of primary amides is 1. The number of carbonyl (C=O) groups excluding carboxylic acids is 3. The van der Waals surface area contributed by atoms with Crippen LogP contribution in [-0.4, -0.2) is 45.9 Å². The number of amides is 4. The summed E-state index contributed by atoms with van der Waals surface area (Å²) in [4.78, 5) is 42.0. The number of imide groups is 1. The average molecular weight is 400 g/mol. The van der Waals surface area contributed by atoms with E-state index in [2.05, 4.69) is 24.1 Å². The van der Waals surface area contributed by atoms with Crippen LogP contribution in [0, 0.1) is 11.3 Å². The van der Waals surface area contributed by atoms with E-state index in [1.54, 1.807) is 18.3 Å². The van der Waals surface area contributed by atoms with Crippen LogP contribution in [0.3, 0.4) is 0 Å².